The zero-order chi connectivity index (χ0) is 14.9. The quantitative estimate of drug-likeness (QED) is 0.810. The van der Waals surface area contributed by atoms with E-state index in [1.165, 1.54) is 6.20 Å². The van der Waals surface area contributed by atoms with Crippen molar-refractivity contribution in [2.45, 2.75) is 30.8 Å². The highest BCUT2D eigenvalue weighted by molar-refractivity contribution is 7.89. The summed E-state index contributed by atoms with van der Waals surface area (Å²) in [6, 6.07) is -1.21. The van der Waals surface area contributed by atoms with Crippen molar-refractivity contribution in [2.75, 3.05) is 19.8 Å². The third-order valence-electron chi connectivity index (χ3n) is 3.07. The molecule has 9 heteroatoms. The van der Waals surface area contributed by atoms with Crippen molar-refractivity contribution >= 4 is 16.0 Å². The second-order valence-corrected chi connectivity index (χ2v) is 6.69. The summed E-state index contributed by atoms with van der Waals surface area (Å²) in [4.78, 5) is 17.9. The van der Waals surface area contributed by atoms with Crippen LogP contribution in [0.4, 0.5) is 0 Å². The first-order valence-electron chi connectivity index (χ1n) is 6.21. The van der Waals surface area contributed by atoms with E-state index in [2.05, 4.69) is 9.97 Å². The normalized spacial score (nSPS) is 21.2. The average molecular weight is 303 g/mol. The van der Waals surface area contributed by atoms with Crippen molar-refractivity contribution in [2.24, 2.45) is 0 Å². The van der Waals surface area contributed by atoms with Gasteiger partial charge in [-0.1, -0.05) is 13.8 Å². The van der Waals surface area contributed by atoms with E-state index in [9.17, 15) is 13.2 Å². The minimum absolute atomic E-state index is 0.00926. The Labute approximate surface area is 116 Å². The molecule has 0 bridgehead atoms. The Morgan fingerprint density at radius 1 is 1.60 bits per heavy atom. The van der Waals surface area contributed by atoms with Crippen molar-refractivity contribution < 1.29 is 23.1 Å². The fourth-order valence-electron chi connectivity index (χ4n) is 1.94. The summed E-state index contributed by atoms with van der Waals surface area (Å²) in [6.45, 7) is 3.79. The molecule has 0 amide bonds. The second-order valence-electron chi connectivity index (χ2n) is 4.83. The summed E-state index contributed by atoms with van der Waals surface area (Å²) in [6.07, 6.45) is 1.22. The van der Waals surface area contributed by atoms with Crippen LogP contribution in [0.2, 0.25) is 0 Å². The number of nitrogens with zero attached hydrogens (tertiary/aromatic N) is 2. The number of rotatable bonds is 4. The number of carboxylic acids is 1. The Morgan fingerprint density at radius 3 is 2.85 bits per heavy atom. The summed E-state index contributed by atoms with van der Waals surface area (Å²) in [5, 5.41) is 9.01. The number of aromatic nitrogens is 2. The molecule has 0 aromatic carbocycles. The number of morpholine rings is 1. The van der Waals surface area contributed by atoms with Gasteiger partial charge >= 0.3 is 5.97 Å². The van der Waals surface area contributed by atoms with Crippen molar-refractivity contribution in [1.29, 1.82) is 0 Å². The Bertz CT molecular complexity index is 595. The molecule has 20 heavy (non-hydrogen) atoms. The number of hydrogen-bond donors (Lipinski definition) is 2. The number of carboxylic acid groups (broad SMARTS) is 1. The zero-order valence-corrected chi connectivity index (χ0v) is 12.1. The Hall–Kier alpha value is -1.45. The van der Waals surface area contributed by atoms with E-state index >= 15 is 0 Å². The lowest BCUT2D eigenvalue weighted by atomic mass is 10.2. The lowest BCUT2D eigenvalue weighted by Crippen LogP contribution is -2.52. The van der Waals surface area contributed by atoms with E-state index < -0.39 is 22.0 Å². The van der Waals surface area contributed by atoms with Crippen LogP contribution in [0.3, 0.4) is 0 Å². The summed E-state index contributed by atoms with van der Waals surface area (Å²) in [5.74, 6) is -0.625. The molecular weight excluding hydrogens is 286 g/mol. The molecule has 8 nitrogen and oxygen atoms in total. The van der Waals surface area contributed by atoms with Gasteiger partial charge in [0.2, 0.25) is 0 Å². The van der Waals surface area contributed by atoms with Crippen molar-refractivity contribution in [1.82, 2.24) is 14.3 Å². The van der Waals surface area contributed by atoms with Crippen LogP contribution in [0, 0.1) is 0 Å². The van der Waals surface area contributed by atoms with E-state index in [0.29, 0.717) is 5.82 Å². The van der Waals surface area contributed by atoms with Crippen molar-refractivity contribution in [3.05, 3.63) is 12.0 Å². The number of H-pyrrole nitrogens is 1. The summed E-state index contributed by atoms with van der Waals surface area (Å²) < 4.78 is 30.9. The van der Waals surface area contributed by atoms with Crippen molar-refractivity contribution in [3.63, 3.8) is 0 Å². The fraction of sp³-hybridized carbons (Fsp3) is 0.636. The molecule has 0 aliphatic carbocycles. The highest BCUT2D eigenvalue weighted by Crippen LogP contribution is 2.21. The summed E-state index contributed by atoms with van der Waals surface area (Å²) >= 11 is 0. The van der Waals surface area contributed by atoms with Gasteiger partial charge in [-0.05, 0) is 0 Å². The van der Waals surface area contributed by atoms with E-state index in [0.717, 1.165) is 4.31 Å². The number of imidazole rings is 1. The highest BCUT2D eigenvalue weighted by atomic mass is 32.2. The van der Waals surface area contributed by atoms with Gasteiger partial charge in [0, 0.05) is 12.5 Å². The first-order chi connectivity index (χ1) is 9.34. The number of hydrogen-bond acceptors (Lipinski definition) is 5. The number of aromatic amines is 1. The van der Waals surface area contributed by atoms with Gasteiger partial charge in [0.25, 0.3) is 10.0 Å². The standard InChI is InChI=1S/C11H17N3O5S/c1-7(2)10-12-5-9(13-10)20(17,18)14-3-4-19-6-8(14)11(15)16/h5,7-8H,3-4,6H2,1-2H3,(H,12,13)(H,15,16). The minimum atomic E-state index is -3.91. The predicted molar refractivity (Wildman–Crippen MR) is 68.8 cm³/mol. The van der Waals surface area contributed by atoms with E-state index in [-0.39, 0.29) is 30.7 Å². The van der Waals surface area contributed by atoms with Crippen LogP contribution in [0.5, 0.6) is 0 Å². The maximum absolute atomic E-state index is 12.5. The maximum Gasteiger partial charge on any atom is 0.324 e. The molecule has 2 N–H and O–H groups in total. The number of nitrogens with one attached hydrogen (secondary N) is 1. The molecule has 1 unspecified atom stereocenters. The molecule has 0 saturated carbocycles. The van der Waals surface area contributed by atoms with E-state index in [1.54, 1.807) is 0 Å². The molecule has 2 rings (SSSR count). The van der Waals surface area contributed by atoms with Crippen LogP contribution < -0.4 is 0 Å². The summed E-state index contributed by atoms with van der Waals surface area (Å²) in [5.41, 5.74) is 0. The molecule has 1 fully saturated rings. The van der Waals surface area contributed by atoms with Crippen LogP contribution >= 0.6 is 0 Å². The van der Waals surface area contributed by atoms with Gasteiger partial charge in [0.05, 0.1) is 19.4 Å². The Balaban J connectivity index is 2.34. The lowest BCUT2D eigenvalue weighted by Gasteiger charge is -2.31. The number of aliphatic carboxylic acids is 1. The van der Waals surface area contributed by atoms with Crippen LogP contribution in [0.15, 0.2) is 11.2 Å². The largest absolute Gasteiger partial charge is 0.480 e. The van der Waals surface area contributed by atoms with Gasteiger partial charge in [0.15, 0.2) is 5.03 Å². The second kappa shape index (κ2) is 5.51. The molecule has 1 aliphatic heterocycles. The number of ether oxygens (including phenoxy) is 1. The van der Waals surface area contributed by atoms with Gasteiger partial charge in [-0.25, -0.2) is 13.4 Å². The smallest absolute Gasteiger partial charge is 0.324 e. The molecule has 2 heterocycles. The molecule has 1 aliphatic rings. The maximum atomic E-state index is 12.5. The molecule has 0 spiro atoms. The first kappa shape index (κ1) is 14.9. The molecule has 1 saturated heterocycles. The average Bonchev–Trinajstić information content (AvgIpc) is 2.89. The van der Waals surface area contributed by atoms with Crippen LogP contribution in [0.1, 0.15) is 25.6 Å². The number of sulfonamides is 1. The zero-order valence-electron chi connectivity index (χ0n) is 11.2. The lowest BCUT2D eigenvalue weighted by molar-refractivity contribution is -0.146. The van der Waals surface area contributed by atoms with Crippen LogP contribution in [0.25, 0.3) is 0 Å². The third-order valence-corrected chi connectivity index (χ3v) is 4.89. The minimum Gasteiger partial charge on any atom is -0.480 e. The third kappa shape index (κ3) is 2.69. The van der Waals surface area contributed by atoms with Gasteiger partial charge in [-0.15, -0.1) is 0 Å². The van der Waals surface area contributed by atoms with Crippen LogP contribution in [-0.4, -0.2) is 59.6 Å². The number of carbonyl (C=O) groups is 1. The van der Waals surface area contributed by atoms with Crippen LogP contribution in [-0.2, 0) is 19.6 Å². The molecular formula is C11H17N3O5S. The first-order valence-corrected chi connectivity index (χ1v) is 7.65. The summed E-state index contributed by atoms with van der Waals surface area (Å²) in [7, 11) is -3.91. The monoisotopic (exact) mass is 303 g/mol. The molecule has 112 valence electrons. The van der Waals surface area contributed by atoms with E-state index in [4.69, 9.17) is 9.84 Å². The predicted octanol–water partition coefficient (Wildman–Crippen LogP) is 0.00720. The molecule has 1 aromatic rings. The Morgan fingerprint density at radius 2 is 2.30 bits per heavy atom. The molecule has 1 aromatic heterocycles. The molecule has 1 atom stereocenters. The van der Waals surface area contributed by atoms with Gasteiger partial charge in [-0.2, -0.15) is 4.31 Å². The van der Waals surface area contributed by atoms with E-state index in [1.807, 2.05) is 13.8 Å². The van der Waals surface area contributed by atoms with Crippen molar-refractivity contribution in [3.8, 4) is 0 Å². The highest BCUT2D eigenvalue weighted by Gasteiger charge is 2.39. The van der Waals surface area contributed by atoms with Gasteiger partial charge in [0.1, 0.15) is 11.9 Å². The fourth-order valence-corrected chi connectivity index (χ4v) is 3.41. The topological polar surface area (TPSA) is 113 Å². The van der Waals surface area contributed by atoms with Gasteiger partial charge in [-0.3, -0.25) is 4.79 Å². The SMILES string of the molecule is CC(C)c1ncc(S(=O)(=O)N2CCOCC2C(=O)O)[nH]1. The molecule has 0 radical (unpaired) electrons. The Kier molecular flexibility index (Phi) is 4.11. The van der Waals surface area contributed by atoms with Gasteiger partial charge < -0.3 is 14.8 Å².